The van der Waals surface area contributed by atoms with Gasteiger partial charge in [-0.15, -0.1) is 0 Å². The summed E-state index contributed by atoms with van der Waals surface area (Å²) < 4.78 is 0. The highest BCUT2D eigenvalue weighted by molar-refractivity contribution is 6.08. The number of hydrogen-bond donors (Lipinski definition) is 0. The average Bonchev–Trinajstić information content (AvgIpc) is 2.55. The Morgan fingerprint density at radius 2 is 1.57 bits per heavy atom. The van der Waals surface area contributed by atoms with Crippen LogP contribution in [0.3, 0.4) is 0 Å². The predicted molar refractivity (Wildman–Crippen MR) is 87.3 cm³/mol. The van der Waals surface area contributed by atoms with Crippen molar-refractivity contribution in [2.45, 2.75) is 32.6 Å². The molecule has 2 rings (SSSR count). The molecular formula is C20H20O. The molecule has 0 spiro atoms. The Labute approximate surface area is 127 Å². The number of unbranched alkanes of at least 4 members (excludes halogenated alkanes) is 3. The summed E-state index contributed by atoms with van der Waals surface area (Å²) in [6, 6.07) is 16.9. The standard InChI is InChI=1S/C20H20O/c1-2-3-4-5-7-10-17-13-15-19(16-14-17)20(21)18-11-8-6-9-12-18/h6,8-9,11-16H,2-5H2,1H3. The minimum absolute atomic E-state index is 0.0538. The monoisotopic (exact) mass is 276 g/mol. The molecule has 2 aromatic carbocycles. The summed E-state index contributed by atoms with van der Waals surface area (Å²) >= 11 is 0. The van der Waals surface area contributed by atoms with Gasteiger partial charge in [-0.2, -0.15) is 0 Å². The van der Waals surface area contributed by atoms with Crippen molar-refractivity contribution in [2.24, 2.45) is 0 Å². The van der Waals surface area contributed by atoms with Crippen LogP contribution in [-0.2, 0) is 0 Å². The third-order valence-electron chi connectivity index (χ3n) is 3.32. The van der Waals surface area contributed by atoms with Gasteiger partial charge in [0.05, 0.1) is 0 Å². The first-order valence-electron chi connectivity index (χ1n) is 7.50. The largest absolute Gasteiger partial charge is 0.289 e. The van der Waals surface area contributed by atoms with Crippen molar-refractivity contribution in [1.29, 1.82) is 0 Å². The van der Waals surface area contributed by atoms with Crippen molar-refractivity contribution >= 4 is 5.78 Å². The molecule has 0 atom stereocenters. The molecule has 0 saturated heterocycles. The van der Waals surface area contributed by atoms with Gasteiger partial charge in [-0.3, -0.25) is 4.79 Å². The molecule has 1 heteroatoms. The molecule has 106 valence electrons. The first-order valence-corrected chi connectivity index (χ1v) is 7.50. The molecule has 0 aromatic heterocycles. The molecule has 2 aromatic rings. The fourth-order valence-corrected chi connectivity index (χ4v) is 2.09. The Kier molecular flexibility index (Phi) is 5.79. The van der Waals surface area contributed by atoms with Gasteiger partial charge in [0.1, 0.15) is 0 Å². The number of ketones is 1. The van der Waals surface area contributed by atoms with E-state index >= 15 is 0 Å². The van der Waals surface area contributed by atoms with Crippen LogP contribution in [0.1, 0.15) is 54.1 Å². The van der Waals surface area contributed by atoms with E-state index in [9.17, 15) is 4.79 Å². The van der Waals surface area contributed by atoms with Crippen LogP contribution in [0.5, 0.6) is 0 Å². The molecule has 1 nitrogen and oxygen atoms in total. The number of carbonyl (C=O) groups is 1. The van der Waals surface area contributed by atoms with Gasteiger partial charge in [0.2, 0.25) is 0 Å². The first kappa shape index (κ1) is 15.1. The highest BCUT2D eigenvalue weighted by atomic mass is 16.1. The van der Waals surface area contributed by atoms with E-state index < -0.39 is 0 Å². The molecule has 0 aliphatic rings. The second-order valence-corrected chi connectivity index (χ2v) is 5.03. The van der Waals surface area contributed by atoms with Gasteiger partial charge in [0, 0.05) is 23.1 Å². The van der Waals surface area contributed by atoms with E-state index in [1.807, 2.05) is 54.6 Å². The number of rotatable bonds is 5. The maximum Gasteiger partial charge on any atom is 0.193 e. The summed E-state index contributed by atoms with van der Waals surface area (Å²) in [7, 11) is 0. The highest BCUT2D eigenvalue weighted by Gasteiger charge is 2.07. The lowest BCUT2D eigenvalue weighted by Gasteiger charge is -2.01. The van der Waals surface area contributed by atoms with Crippen molar-refractivity contribution in [1.82, 2.24) is 0 Å². The van der Waals surface area contributed by atoms with E-state index in [2.05, 4.69) is 18.8 Å². The lowest BCUT2D eigenvalue weighted by molar-refractivity contribution is 0.103. The maximum absolute atomic E-state index is 12.3. The fourth-order valence-electron chi connectivity index (χ4n) is 2.09. The third kappa shape index (κ3) is 4.61. The molecule has 0 aliphatic heterocycles. The third-order valence-corrected chi connectivity index (χ3v) is 3.32. The molecule has 0 heterocycles. The van der Waals surface area contributed by atoms with Crippen LogP contribution in [-0.4, -0.2) is 5.78 Å². The molecule has 21 heavy (non-hydrogen) atoms. The van der Waals surface area contributed by atoms with Gasteiger partial charge in [-0.25, -0.2) is 0 Å². The van der Waals surface area contributed by atoms with Gasteiger partial charge in [-0.05, 0) is 30.7 Å². The van der Waals surface area contributed by atoms with Crippen LogP contribution < -0.4 is 0 Å². The number of hydrogen-bond acceptors (Lipinski definition) is 1. The summed E-state index contributed by atoms with van der Waals surface area (Å²) in [6.45, 7) is 2.19. The Balaban J connectivity index is 2.00. The van der Waals surface area contributed by atoms with E-state index in [-0.39, 0.29) is 5.78 Å². The van der Waals surface area contributed by atoms with Gasteiger partial charge in [-0.1, -0.05) is 61.9 Å². The highest BCUT2D eigenvalue weighted by Crippen LogP contribution is 2.10. The van der Waals surface area contributed by atoms with Crippen LogP contribution in [0.25, 0.3) is 0 Å². The zero-order valence-electron chi connectivity index (χ0n) is 12.4. The predicted octanol–water partition coefficient (Wildman–Crippen LogP) is 4.85. The Bertz CT molecular complexity index is 627. The number of benzene rings is 2. The van der Waals surface area contributed by atoms with Gasteiger partial charge < -0.3 is 0 Å². The summed E-state index contributed by atoms with van der Waals surface area (Å²) in [5.41, 5.74) is 2.39. The zero-order valence-corrected chi connectivity index (χ0v) is 12.4. The van der Waals surface area contributed by atoms with Gasteiger partial charge in [0.15, 0.2) is 5.78 Å². The van der Waals surface area contributed by atoms with Crippen LogP contribution in [0, 0.1) is 11.8 Å². The van der Waals surface area contributed by atoms with Crippen molar-refractivity contribution in [3.05, 3.63) is 71.3 Å². The minimum Gasteiger partial charge on any atom is -0.289 e. The maximum atomic E-state index is 12.3. The summed E-state index contributed by atoms with van der Waals surface area (Å²) in [5.74, 6) is 6.38. The van der Waals surface area contributed by atoms with Crippen LogP contribution >= 0.6 is 0 Å². The van der Waals surface area contributed by atoms with Crippen molar-refractivity contribution < 1.29 is 4.79 Å². The van der Waals surface area contributed by atoms with Crippen molar-refractivity contribution in [3.63, 3.8) is 0 Å². The quantitative estimate of drug-likeness (QED) is 0.433. The topological polar surface area (TPSA) is 17.1 Å². The zero-order chi connectivity index (χ0) is 14.9. The molecule has 0 amide bonds. The summed E-state index contributed by atoms with van der Waals surface area (Å²) in [6.07, 6.45) is 4.56. The van der Waals surface area contributed by atoms with E-state index in [1.54, 1.807) is 0 Å². The summed E-state index contributed by atoms with van der Waals surface area (Å²) in [4.78, 5) is 12.3. The SMILES string of the molecule is CCCCCC#Cc1ccc(C(=O)c2ccccc2)cc1. The van der Waals surface area contributed by atoms with Crippen molar-refractivity contribution in [2.75, 3.05) is 0 Å². The van der Waals surface area contributed by atoms with E-state index in [1.165, 1.54) is 12.8 Å². The van der Waals surface area contributed by atoms with E-state index in [4.69, 9.17) is 0 Å². The molecule has 0 N–H and O–H groups in total. The summed E-state index contributed by atoms with van der Waals surface area (Å²) in [5, 5.41) is 0. The smallest absolute Gasteiger partial charge is 0.193 e. The average molecular weight is 276 g/mol. The van der Waals surface area contributed by atoms with E-state index in [0.717, 1.165) is 24.0 Å². The van der Waals surface area contributed by atoms with Gasteiger partial charge >= 0.3 is 0 Å². The first-order chi connectivity index (χ1) is 10.3. The molecule has 0 bridgehead atoms. The van der Waals surface area contributed by atoms with Crippen LogP contribution in [0.4, 0.5) is 0 Å². The lowest BCUT2D eigenvalue weighted by Crippen LogP contribution is -2.00. The number of carbonyl (C=O) groups excluding carboxylic acids is 1. The normalized spacial score (nSPS) is 9.76. The molecule has 0 saturated carbocycles. The second kappa shape index (κ2) is 8.07. The minimum atomic E-state index is 0.0538. The molecule has 0 aliphatic carbocycles. The van der Waals surface area contributed by atoms with E-state index in [0.29, 0.717) is 5.56 Å². The fraction of sp³-hybridized carbons (Fsp3) is 0.250. The Morgan fingerprint density at radius 3 is 2.24 bits per heavy atom. The van der Waals surface area contributed by atoms with Crippen LogP contribution in [0.2, 0.25) is 0 Å². The molecule has 0 fully saturated rings. The molecule has 0 radical (unpaired) electrons. The second-order valence-electron chi connectivity index (χ2n) is 5.03. The Morgan fingerprint density at radius 1 is 0.905 bits per heavy atom. The molecule has 0 unspecified atom stereocenters. The van der Waals surface area contributed by atoms with Crippen LogP contribution in [0.15, 0.2) is 54.6 Å². The lowest BCUT2D eigenvalue weighted by atomic mass is 10.0. The van der Waals surface area contributed by atoms with Gasteiger partial charge in [0.25, 0.3) is 0 Å². The van der Waals surface area contributed by atoms with Crippen molar-refractivity contribution in [3.8, 4) is 11.8 Å². The molecular weight excluding hydrogens is 256 g/mol. The Hall–Kier alpha value is -2.33.